The van der Waals surface area contributed by atoms with E-state index in [0.29, 0.717) is 0 Å². The van der Waals surface area contributed by atoms with Crippen LogP contribution in [-0.2, 0) is 10.0 Å². The highest BCUT2D eigenvalue weighted by molar-refractivity contribution is 7.99. The summed E-state index contributed by atoms with van der Waals surface area (Å²) in [6, 6.07) is 0.946. The van der Waals surface area contributed by atoms with Crippen molar-refractivity contribution in [2.75, 3.05) is 11.5 Å². The maximum atomic E-state index is 12.2. The van der Waals surface area contributed by atoms with E-state index in [4.69, 9.17) is 9.52 Å². The van der Waals surface area contributed by atoms with E-state index in [1.165, 1.54) is 6.92 Å². The van der Waals surface area contributed by atoms with Crippen molar-refractivity contribution in [3.63, 3.8) is 0 Å². The Balaban J connectivity index is 2.21. The van der Waals surface area contributed by atoms with Crippen LogP contribution < -0.4 is 4.72 Å². The third-order valence-electron chi connectivity index (χ3n) is 2.85. The number of carboxylic acid groups (broad SMARTS) is 1. The standard InChI is InChI=1S/C11H15NO5S2/c1-7-10(5-9(17-7)11(13)14)19(15,16)12-8-3-2-4-18-6-8/h5,8,12H,2-4,6H2,1H3,(H,13,14). The van der Waals surface area contributed by atoms with E-state index in [1.807, 2.05) is 0 Å². The van der Waals surface area contributed by atoms with E-state index in [1.54, 1.807) is 11.8 Å². The first-order valence-corrected chi connectivity index (χ1v) is 8.48. The Labute approximate surface area is 115 Å². The molecule has 0 bridgehead atoms. The Hall–Kier alpha value is -0.990. The van der Waals surface area contributed by atoms with Gasteiger partial charge < -0.3 is 9.52 Å². The number of carboxylic acids is 1. The number of furan rings is 1. The molecule has 2 N–H and O–H groups in total. The van der Waals surface area contributed by atoms with E-state index in [2.05, 4.69) is 4.72 Å². The second kappa shape index (κ2) is 5.56. The summed E-state index contributed by atoms with van der Waals surface area (Å²) in [5.74, 6) is 0.232. The molecule has 1 saturated heterocycles. The van der Waals surface area contributed by atoms with Crippen molar-refractivity contribution in [2.45, 2.75) is 30.7 Å². The summed E-state index contributed by atoms with van der Waals surface area (Å²) in [6.07, 6.45) is 1.78. The zero-order valence-electron chi connectivity index (χ0n) is 10.4. The third-order valence-corrected chi connectivity index (χ3v) is 5.70. The zero-order valence-corrected chi connectivity index (χ0v) is 12.0. The predicted molar refractivity (Wildman–Crippen MR) is 71.1 cm³/mol. The molecule has 1 fully saturated rings. The second-order valence-corrected chi connectivity index (χ2v) is 7.20. The molecule has 0 radical (unpaired) electrons. The molecule has 1 aromatic heterocycles. The Morgan fingerprint density at radius 3 is 2.84 bits per heavy atom. The van der Waals surface area contributed by atoms with Gasteiger partial charge in [-0.1, -0.05) is 0 Å². The fourth-order valence-corrected chi connectivity index (χ4v) is 4.58. The number of carbonyl (C=O) groups is 1. The highest BCUT2D eigenvalue weighted by atomic mass is 32.2. The number of aromatic carboxylic acids is 1. The summed E-state index contributed by atoms with van der Waals surface area (Å²) >= 11 is 1.71. The van der Waals surface area contributed by atoms with Crippen LogP contribution >= 0.6 is 11.8 Å². The molecule has 1 aliphatic rings. The van der Waals surface area contributed by atoms with E-state index in [0.717, 1.165) is 30.4 Å². The van der Waals surface area contributed by atoms with Crippen LogP contribution in [0.3, 0.4) is 0 Å². The van der Waals surface area contributed by atoms with Gasteiger partial charge in [-0.25, -0.2) is 17.9 Å². The van der Waals surface area contributed by atoms with Gasteiger partial charge in [0, 0.05) is 17.9 Å². The molecule has 0 amide bonds. The minimum atomic E-state index is -3.72. The van der Waals surface area contributed by atoms with Gasteiger partial charge in [0.25, 0.3) is 0 Å². The molecule has 1 aromatic rings. The van der Waals surface area contributed by atoms with Crippen LogP contribution in [0.1, 0.15) is 29.2 Å². The van der Waals surface area contributed by atoms with Gasteiger partial charge in [0.05, 0.1) is 0 Å². The topological polar surface area (TPSA) is 96.6 Å². The highest BCUT2D eigenvalue weighted by Gasteiger charge is 2.27. The molecule has 1 unspecified atom stereocenters. The number of rotatable bonds is 4. The fourth-order valence-electron chi connectivity index (χ4n) is 1.95. The quantitative estimate of drug-likeness (QED) is 0.874. The van der Waals surface area contributed by atoms with Crippen molar-refractivity contribution in [3.8, 4) is 0 Å². The molecule has 6 nitrogen and oxygen atoms in total. The number of aryl methyl sites for hydroxylation is 1. The van der Waals surface area contributed by atoms with Crippen LogP contribution in [0.5, 0.6) is 0 Å². The van der Waals surface area contributed by atoms with Gasteiger partial charge >= 0.3 is 5.97 Å². The van der Waals surface area contributed by atoms with Crippen molar-refractivity contribution in [2.24, 2.45) is 0 Å². The van der Waals surface area contributed by atoms with Crippen LogP contribution in [0.25, 0.3) is 0 Å². The lowest BCUT2D eigenvalue weighted by Gasteiger charge is -2.22. The first-order chi connectivity index (χ1) is 8.90. The lowest BCUT2D eigenvalue weighted by atomic mass is 10.2. The van der Waals surface area contributed by atoms with E-state index >= 15 is 0 Å². The average molecular weight is 305 g/mol. The lowest BCUT2D eigenvalue weighted by molar-refractivity contribution is 0.0661. The third kappa shape index (κ3) is 3.31. The molecule has 0 saturated carbocycles. The van der Waals surface area contributed by atoms with Crippen molar-refractivity contribution in [1.82, 2.24) is 4.72 Å². The smallest absolute Gasteiger partial charge is 0.371 e. The molecule has 19 heavy (non-hydrogen) atoms. The van der Waals surface area contributed by atoms with Crippen LogP contribution in [0.4, 0.5) is 0 Å². The summed E-state index contributed by atoms with van der Waals surface area (Å²) in [5.41, 5.74) is 0. The molecule has 0 spiro atoms. The van der Waals surface area contributed by atoms with Gasteiger partial charge in [-0.05, 0) is 25.5 Å². The molecule has 1 aliphatic heterocycles. The molecule has 2 rings (SSSR count). The van der Waals surface area contributed by atoms with Crippen molar-refractivity contribution in [3.05, 3.63) is 17.6 Å². The monoisotopic (exact) mass is 305 g/mol. The van der Waals surface area contributed by atoms with Gasteiger partial charge in [-0.3, -0.25) is 0 Å². The Kier molecular flexibility index (Phi) is 4.22. The van der Waals surface area contributed by atoms with Crippen LogP contribution in [-0.4, -0.2) is 37.0 Å². The van der Waals surface area contributed by atoms with Gasteiger partial charge in [-0.15, -0.1) is 0 Å². The average Bonchev–Trinajstić information content (AvgIpc) is 2.73. The summed E-state index contributed by atoms with van der Waals surface area (Å²) in [5, 5.41) is 8.80. The minimum Gasteiger partial charge on any atom is -0.475 e. The summed E-state index contributed by atoms with van der Waals surface area (Å²) in [6.45, 7) is 1.44. The molecular weight excluding hydrogens is 290 g/mol. The number of hydrogen-bond donors (Lipinski definition) is 2. The first-order valence-electron chi connectivity index (χ1n) is 5.84. The molecule has 0 aromatic carbocycles. The Bertz CT molecular complexity index is 572. The molecule has 2 heterocycles. The minimum absolute atomic E-state index is 0.0911. The van der Waals surface area contributed by atoms with Crippen molar-refractivity contribution < 1.29 is 22.7 Å². The molecule has 1 atom stereocenters. The lowest BCUT2D eigenvalue weighted by Crippen LogP contribution is -2.38. The maximum absolute atomic E-state index is 12.2. The SMILES string of the molecule is Cc1oc(C(=O)O)cc1S(=O)(=O)NC1CCCSC1. The largest absolute Gasteiger partial charge is 0.475 e. The maximum Gasteiger partial charge on any atom is 0.371 e. The van der Waals surface area contributed by atoms with Crippen molar-refractivity contribution >= 4 is 27.8 Å². The fraction of sp³-hybridized carbons (Fsp3) is 0.545. The number of thioether (sulfide) groups is 1. The molecule has 106 valence electrons. The first kappa shape index (κ1) is 14.4. The number of nitrogens with one attached hydrogen (secondary N) is 1. The van der Waals surface area contributed by atoms with Gasteiger partial charge in [0.1, 0.15) is 10.7 Å². The molecule has 0 aliphatic carbocycles. The second-order valence-electron chi connectivity index (χ2n) is 4.37. The summed E-state index contributed by atoms with van der Waals surface area (Å²) in [4.78, 5) is 10.7. The summed E-state index contributed by atoms with van der Waals surface area (Å²) in [7, 11) is -3.72. The number of hydrogen-bond acceptors (Lipinski definition) is 5. The Morgan fingerprint density at radius 1 is 1.58 bits per heavy atom. The summed E-state index contributed by atoms with van der Waals surface area (Å²) < 4.78 is 31.9. The molecular formula is C11H15NO5S2. The predicted octanol–water partition coefficient (Wildman–Crippen LogP) is 1.46. The zero-order chi connectivity index (χ0) is 14.0. The van der Waals surface area contributed by atoms with E-state index in [-0.39, 0.29) is 22.5 Å². The van der Waals surface area contributed by atoms with Gasteiger partial charge in [0.15, 0.2) is 0 Å². The Morgan fingerprint density at radius 2 is 2.32 bits per heavy atom. The molecule has 8 heteroatoms. The van der Waals surface area contributed by atoms with Crippen LogP contribution in [0, 0.1) is 6.92 Å². The highest BCUT2D eigenvalue weighted by Crippen LogP contribution is 2.23. The van der Waals surface area contributed by atoms with Crippen LogP contribution in [0.2, 0.25) is 0 Å². The van der Waals surface area contributed by atoms with E-state index < -0.39 is 16.0 Å². The van der Waals surface area contributed by atoms with Gasteiger partial charge in [0.2, 0.25) is 15.8 Å². The normalized spacial score (nSPS) is 20.4. The van der Waals surface area contributed by atoms with Crippen molar-refractivity contribution in [1.29, 1.82) is 0 Å². The van der Waals surface area contributed by atoms with Crippen LogP contribution in [0.15, 0.2) is 15.4 Å². The van der Waals surface area contributed by atoms with Gasteiger partial charge in [-0.2, -0.15) is 11.8 Å². The number of sulfonamides is 1. The van der Waals surface area contributed by atoms with E-state index in [9.17, 15) is 13.2 Å².